The number of benzene rings is 1. The molecule has 1 heterocycles. The molecule has 0 saturated heterocycles. The van der Waals surface area contributed by atoms with Gasteiger partial charge in [-0.05, 0) is 0 Å². The molecule has 0 aliphatic rings. The average Bonchev–Trinajstić information content (AvgIpc) is 2.82. The van der Waals surface area contributed by atoms with E-state index in [1.807, 2.05) is 30.3 Å². The minimum atomic E-state index is 0.123. The van der Waals surface area contributed by atoms with Crippen molar-refractivity contribution in [3.05, 3.63) is 54.4 Å². The van der Waals surface area contributed by atoms with Crippen molar-refractivity contribution in [2.45, 2.75) is 0 Å². The molecule has 3 aromatic rings. The summed E-state index contributed by atoms with van der Waals surface area (Å²) < 4.78 is 3.11. The van der Waals surface area contributed by atoms with E-state index in [-0.39, 0.29) is 19.9 Å². The summed E-state index contributed by atoms with van der Waals surface area (Å²) in [7, 11) is 0. The number of halogens is 2. The summed E-state index contributed by atoms with van der Waals surface area (Å²) in [6.07, 6.45) is 0. The van der Waals surface area contributed by atoms with Gasteiger partial charge in [0.25, 0.3) is 0 Å². The fourth-order valence-electron chi connectivity index (χ4n) is 1.89. The van der Waals surface area contributed by atoms with Crippen LogP contribution < -0.4 is 5.43 Å². The molecule has 0 saturated carbocycles. The van der Waals surface area contributed by atoms with Gasteiger partial charge in [0.15, 0.2) is 0 Å². The molecule has 0 N–H and O–H groups in total. The van der Waals surface area contributed by atoms with Crippen molar-refractivity contribution in [3.8, 4) is 0 Å². The third kappa shape index (κ3) is 1.75. The standard InChI is InChI=1S/C13H6Br2OSe/c14-10-7-3-1-2-4-8(7)12(16)9-5-6-17-13(9)11(10)15/h1-6H. The van der Waals surface area contributed by atoms with Crippen LogP contribution in [0.1, 0.15) is 0 Å². The molecular weight excluding hydrogens is 411 g/mol. The monoisotopic (exact) mass is 416 g/mol. The van der Waals surface area contributed by atoms with Crippen molar-refractivity contribution in [3.63, 3.8) is 0 Å². The van der Waals surface area contributed by atoms with Crippen LogP contribution in [0.4, 0.5) is 0 Å². The maximum atomic E-state index is 12.4. The van der Waals surface area contributed by atoms with Crippen LogP contribution >= 0.6 is 31.9 Å². The zero-order valence-corrected chi connectivity index (χ0v) is 13.4. The number of fused-ring (bicyclic) bond motifs is 2. The molecule has 2 aromatic carbocycles. The number of hydrogen-bond donors (Lipinski definition) is 0. The Labute approximate surface area is 120 Å². The van der Waals surface area contributed by atoms with Crippen molar-refractivity contribution < 1.29 is 0 Å². The first-order valence-electron chi connectivity index (χ1n) is 4.97. The third-order valence-corrected chi connectivity index (χ3v) is 7.40. The fourth-order valence-corrected chi connectivity index (χ4v) is 5.39. The summed E-state index contributed by atoms with van der Waals surface area (Å²) in [5.41, 5.74) is 0.123. The predicted octanol–water partition coefficient (Wildman–Crippen LogP) is 3.94. The second-order valence-electron chi connectivity index (χ2n) is 3.67. The van der Waals surface area contributed by atoms with Crippen LogP contribution in [-0.4, -0.2) is 14.5 Å². The first-order chi connectivity index (χ1) is 8.20. The van der Waals surface area contributed by atoms with Crippen LogP contribution in [-0.2, 0) is 0 Å². The SMILES string of the molecule is O=c1c2ccccc2c(Br)c(Br)c2[se]ccc12. The van der Waals surface area contributed by atoms with Crippen molar-refractivity contribution in [1.29, 1.82) is 0 Å². The molecule has 3 rings (SSSR count). The van der Waals surface area contributed by atoms with E-state index in [4.69, 9.17) is 0 Å². The summed E-state index contributed by atoms with van der Waals surface area (Å²) in [6, 6.07) is 9.65. The van der Waals surface area contributed by atoms with Crippen molar-refractivity contribution >= 4 is 66.8 Å². The number of rotatable bonds is 0. The first-order valence-corrected chi connectivity index (χ1v) is 8.40. The van der Waals surface area contributed by atoms with Gasteiger partial charge < -0.3 is 0 Å². The summed E-state index contributed by atoms with van der Waals surface area (Å²) in [4.78, 5) is 14.5. The molecule has 0 aliphatic heterocycles. The van der Waals surface area contributed by atoms with Gasteiger partial charge in [0.05, 0.1) is 0 Å². The van der Waals surface area contributed by atoms with Crippen molar-refractivity contribution in [1.82, 2.24) is 0 Å². The molecule has 0 radical (unpaired) electrons. The molecule has 17 heavy (non-hydrogen) atoms. The molecule has 4 heteroatoms. The molecule has 0 spiro atoms. The van der Waals surface area contributed by atoms with Gasteiger partial charge in [0.2, 0.25) is 0 Å². The summed E-state index contributed by atoms with van der Waals surface area (Å²) in [5, 5.41) is 2.56. The topological polar surface area (TPSA) is 17.1 Å². The van der Waals surface area contributed by atoms with Gasteiger partial charge in [-0.2, -0.15) is 0 Å². The van der Waals surface area contributed by atoms with E-state index < -0.39 is 0 Å². The van der Waals surface area contributed by atoms with E-state index in [0.29, 0.717) is 0 Å². The van der Waals surface area contributed by atoms with Gasteiger partial charge in [-0.3, -0.25) is 0 Å². The van der Waals surface area contributed by atoms with Crippen LogP contribution in [0.5, 0.6) is 0 Å². The summed E-state index contributed by atoms with van der Waals surface area (Å²) >= 11 is 7.44. The zero-order chi connectivity index (χ0) is 12.0. The Bertz CT molecular complexity index is 792. The fraction of sp³-hybridized carbons (Fsp3) is 0. The van der Waals surface area contributed by atoms with Crippen molar-refractivity contribution in [2.75, 3.05) is 0 Å². The second kappa shape index (κ2) is 4.36. The Hall–Kier alpha value is -0.411. The third-order valence-electron chi connectivity index (χ3n) is 2.71. The minimum absolute atomic E-state index is 0.123. The molecule has 1 nitrogen and oxygen atoms in total. The van der Waals surface area contributed by atoms with Crippen LogP contribution in [0.2, 0.25) is 0 Å². The van der Waals surface area contributed by atoms with Crippen LogP contribution in [0.15, 0.2) is 49.0 Å². The molecule has 84 valence electrons. The van der Waals surface area contributed by atoms with Gasteiger partial charge in [-0.25, -0.2) is 0 Å². The Morgan fingerprint density at radius 1 is 0.882 bits per heavy atom. The molecule has 0 atom stereocenters. The average molecular weight is 417 g/mol. The van der Waals surface area contributed by atoms with Crippen molar-refractivity contribution in [2.24, 2.45) is 0 Å². The Balaban J connectivity index is 2.79. The predicted molar refractivity (Wildman–Crippen MR) is 80.1 cm³/mol. The summed E-state index contributed by atoms with van der Waals surface area (Å²) in [5.74, 6) is 0. The van der Waals surface area contributed by atoms with E-state index >= 15 is 0 Å². The molecule has 0 aliphatic carbocycles. The normalized spacial score (nSPS) is 11.2. The van der Waals surface area contributed by atoms with E-state index in [2.05, 4.69) is 36.8 Å². The Morgan fingerprint density at radius 2 is 1.59 bits per heavy atom. The van der Waals surface area contributed by atoms with Crippen LogP contribution in [0.3, 0.4) is 0 Å². The van der Waals surface area contributed by atoms with Crippen LogP contribution in [0.25, 0.3) is 20.4 Å². The second-order valence-corrected chi connectivity index (χ2v) is 7.17. The molecule has 0 amide bonds. The number of hydrogen-bond acceptors (Lipinski definition) is 1. The van der Waals surface area contributed by atoms with Gasteiger partial charge in [0, 0.05) is 0 Å². The molecular formula is C13H6Br2OSe. The maximum absolute atomic E-state index is 12.4. The molecule has 0 unspecified atom stereocenters. The first kappa shape index (κ1) is 11.7. The van der Waals surface area contributed by atoms with Gasteiger partial charge in [-0.1, -0.05) is 0 Å². The quantitative estimate of drug-likeness (QED) is 0.507. The Morgan fingerprint density at radius 3 is 2.35 bits per heavy atom. The molecule has 1 aromatic heterocycles. The summed E-state index contributed by atoms with van der Waals surface area (Å²) in [6.45, 7) is 0. The Kier molecular flexibility index (Phi) is 2.99. The molecule has 0 bridgehead atoms. The van der Waals surface area contributed by atoms with E-state index in [1.165, 1.54) is 0 Å². The van der Waals surface area contributed by atoms with E-state index in [9.17, 15) is 4.79 Å². The van der Waals surface area contributed by atoms with Crippen LogP contribution in [0, 0.1) is 0 Å². The van der Waals surface area contributed by atoms with Gasteiger partial charge >= 0.3 is 121 Å². The van der Waals surface area contributed by atoms with Gasteiger partial charge in [-0.15, -0.1) is 0 Å². The van der Waals surface area contributed by atoms with Gasteiger partial charge in [0.1, 0.15) is 0 Å². The van der Waals surface area contributed by atoms with E-state index in [0.717, 1.165) is 29.4 Å². The zero-order valence-electron chi connectivity index (χ0n) is 8.54. The molecule has 0 fully saturated rings. The van der Waals surface area contributed by atoms with E-state index in [1.54, 1.807) is 0 Å².